The van der Waals surface area contributed by atoms with E-state index in [0.717, 1.165) is 18.5 Å². The molecule has 2 aliphatic heterocycles. The molecule has 2 rings (SSSR count). The van der Waals surface area contributed by atoms with Gasteiger partial charge in [0, 0.05) is 32.8 Å². The minimum absolute atomic E-state index is 0.00135. The molecule has 0 spiro atoms. The van der Waals surface area contributed by atoms with Crippen LogP contribution in [0.4, 0.5) is 0 Å². The van der Waals surface area contributed by atoms with Crippen LogP contribution in [-0.2, 0) is 4.74 Å². The monoisotopic (exact) mass is 198 g/mol. The van der Waals surface area contributed by atoms with Crippen LogP contribution in [0.25, 0.3) is 0 Å². The predicted molar refractivity (Wildman–Crippen MR) is 57.4 cm³/mol. The number of fused-ring (bicyclic) bond motifs is 1. The molecule has 14 heavy (non-hydrogen) atoms. The maximum absolute atomic E-state index is 5.46. The van der Waals surface area contributed by atoms with E-state index in [9.17, 15) is 0 Å². The number of nitrogens with one attached hydrogen (secondary N) is 1. The van der Waals surface area contributed by atoms with Crippen molar-refractivity contribution in [3.8, 4) is 0 Å². The lowest BCUT2D eigenvalue weighted by molar-refractivity contribution is -0.00372. The third-order valence-electron chi connectivity index (χ3n) is 3.60. The second-order valence-corrected chi connectivity index (χ2v) is 5.27. The average Bonchev–Trinajstić information content (AvgIpc) is 2.63. The first-order valence-corrected chi connectivity index (χ1v) is 5.61. The Kier molecular flexibility index (Phi) is 2.82. The summed E-state index contributed by atoms with van der Waals surface area (Å²) in [5.41, 5.74) is -0.00135. The molecule has 0 aliphatic carbocycles. The summed E-state index contributed by atoms with van der Waals surface area (Å²) >= 11 is 0. The molecule has 0 amide bonds. The second kappa shape index (κ2) is 3.80. The van der Waals surface area contributed by atoms with Gasteiger partial charge in [-0.1, -0.05) is 0 Å². The van der Waals surface area contributed by atoms with Crippen LogP contribution in [0.3, 0.4) is 0 Å². The molecule has 0 radical (unpaired) electrons. The molecule has 2 fully saturated rings. The SMILES string of the molecule is COC(C)(C)CN1C[C@@H]2CCN[C@@H]2C1. The van der Waals surface area contributed by atoms with Gasteiger partial charge in [-0.25, -0.2) is 0 Å². The normalized spacial score (nSPS) is 33.6. The first-order valence-electron chi connectivity index (χ1n) is 5.61. The molecule has 0 unspecified atom stereocenters. The molecule has 2 atom stereocenters. The highest BCUT2D eigenvalue weighted by Gasteiger charge is 2.37. The smallest absolute Gasteiger partial charge is 0.0749 e. The summed E-state index contributed by atoms with van der Waals surface area (Å²) in [4.78, 5) is 2.53. The van der Waals surface area contributed by atoms with Gasteiger partial charge >= 0.3 is 0 Å². The lowest BCUT2D eigenvalue weighted by Gasteiger charge is -2.29. The molecule has 3 heteroatoms. The number of methoxy groups -OCH3 is 1. The molecule has 0 saturated carbocycles. The van der Waals surface area contributed by atoms with Gasteiger partial charge in [-0.2, -0.15) is 0 Å². The average molecular weight is 198 g/mol. The van der Waals surface area contributed by atoms with Gasteiger partial charge in [-0.05, 0) is 32.7 Å². The lowest BCUT2D eigenvalue weighted by atomic mass is 10.1. The number of likely N-dealkylation sites (tertiary alicyclic amines) is 1. The Hall–Kier alpha value is -0.120. The van der Waals surface area contributed by atoms with Crippen molar-refractivity contribution in [2.75, 3.05) is 33.3 Å². The Morgan fingerprint density at radius 3 is 2.86 bits per heavy atom. The summed E-state index contributed by atoms with van der Waals surface area (Å²) in [5, 5.41) is 3.57. The van der Waals surface area contributed by atoms with Gasteiger partial charge < -0.3 is 10.1 Å². The molecule has 0 aromatic rings. The highest BCUT2D eigenvalue weighted by molar-refractivity contribution is 4.95. The third kappa shape index (κ3) is 2.10. The van der Waals surface area contributed by atoms with Crippen molar-refractivity contribution in [2.24, 2.45) is 5.92 Å². The van der Waals surface area contributed by atoms with Gasteiger partial charge in [0.05, 0.1) is 5.60 Å². The van der Waals surface area contributed by atoms with Crippen molar-refractivity contribution in [2.45, 2.75) is 31.9 Å². The summed E-state index contributed by atoms with van der Waals surface area (Å²) in [6.45, 7) is 9.06. The molecule has 0 aromatic heterocycles. The van der Waals surface area contributed by atoms with Gasteiger partial charge in [0.15, 0.2) is 0 Å². The van der Waals surface area contributed by atoms with Crippen molar-refractivity contribution in [1.82, 2.24) is 10.2 Å². The van der Waals surface area contributed by atoms with Crippen molar-refractivity contribution in [1.29, 1.82) is 0 Å². The Bertz CT molecular complexity index is 193. The summed E-state index contributed by atoms with van der Waals surface area (Å²) in [5.74, 6) is 0.891. The van der Waals surface area contributed by atoms with Gasteiger partial charge in [-0.3, -0.25) is 4.90 Å². The van der Waals surface area contributed by atoms with Crippen LogP contribution in [-0.4, -0.2) is 49.8 Å². The molecule has 1 N–H and O–H groups in total. The number of hydrogen-bond donors (Lipinski definition) is 1. The van der Waals surface area contributed by atoms with Crippen LogP contribution >= 0.6 is 0 Å². The fraction of sp³-hybridized carbons (Fsp3) is 1.00. The third-order valence-corrected chi connectivity index (χ3v) is 3.60. The van der Waals surface area contributed by atoms with Crippen molar-refractivity contribution in [3.05, 3.63) is 0 Å². The van der Waals surface area contributed by atoms with E-state index >= 15 is 0 Å². The van der Waals surface area contributed by atoms with E-state index in [2.05, 4.69) is 24.1 Å². The summed E-state index contributed by atoms with van der Waals surface area (Å²) < 4.78 is 5.46. The van der Waals surface area contributed by atoms with Crippen LogP contribution in [0.5, 0.6) is 0 Å². The first kappa shape index (κ1) is 10.4. The quantitative estimate of drug-likeness (QED) is 0.722. The molecular formula is C11H22N2O. The maximum Gasteiger partial charge on any atom is 0.0749 e. The molecule has 0 bridgehead atoms. The van der Waals surface area contributed by atoms with Crippen molar-refractivity contribution in [3.63, 3.8) is 0 Å². The first-order chi connectivity index (χ1) is 6.61. The van der Waals surface area contributed by atoms with E-state index in [4.69, 9.17) is 4.74 Å². The van der Waals surface area contributed by atoms with Gasteiger partial charge in [0.25, 0.3) is 0 Å². The Labute approximate surface area is 86.8 Å². The van der Waals surface area contributed by atoms with Crippen LogP contribution in [0.15, 0.2) is 0 Å². The zero-order chi connectivity index (χ0) is 10.2. The summed E-state index contributed by atoms with van der Waals surface area (Å²) in [7, 11) is 1.80. The number of rotatable bonds is 3. The minimum atomic E-state index is -0.00135. The van der Waals surface area contributed by atoms with E-state index in [1.54, 1.807) is 7.11 Å². The highest BCUT2D eigenvalue weighted by Crippen LogP contribution is 2.26. The minimum Gasteiger partial charge on any atom is -0.377 e. The molecule has 2 aliphatic rings. The zero-order valence-corrected chi connectivity index (χ0v) is 9.55. The number of hydrogen-bond acceptors (Lipinski definition) is 3. The molecular weight excluding hydrogens is 176 g/mol. The topological polar surface area (TPSA) is 24.5 Å². The molecule has 3 nitrogen and oxygen atoms in total. The van der Waals surface area contributed by atoms with Crippen LogP contribution in [0.2, 0.25) is 0 Å². The van der Waals surface area contributed by atoms with E-state index in [-0.39, 0.29) is 5.60 Å². The molecule has 2 heterocycles. The van der Waals surface area contributed by atoms with Crippen molar-refractivity contribution < 1.29 is 4.74 Å². The highest BCUT2D eigenvalue weighted by atomic mass is 16.5. The second-order valence-electron chi connectivity index (χ2n) is 5.27. The Morgan fingerprint density at radius 2 is 2.21 bits per heavy atom. The fourth-order valence-electron chi connectivity index (χ4n) is 2.67. The van der Waals surface area contributed by atoms with Gasteiger partial charge in [0.1, 0.15) is 0 Å². The molecule has 2 saturated heterocycles. The van der Waals surface area contributed by atoms with E-state index in [1.165, 1.54) is 26.1 Å². The number of nitrogens with zero attached hydrogens (tertiary/aromatic N) is 1. The standard InChI is InChI=1S/C11H22N2O/c1-11(2,14-3)8-13-6-9-4-5-12-10(9)7-13/h9-10,12H,4-8H2,1-3H3/t9-,10+/m0/s1. The van der Waals surface area contributed by atoms with E-state index in [0.29, 0.717) is 0 Å². The Balaban J connectivity index is 1.84. The zero-order valence-electron chi connectivity index (χ0n) is 9.55. The summed E-state index contributed by atoms with van der Waals surface area (Å²) in [6, 6.07) is 0.752. The van der Waals surface area contributed by atoms with E-state index in [1.807, 2.05) is 0 Å². The number of ether oxygens (including phenoxy) is 1. The van der Waals surface area contributed by atoms with E-state index < -0.39 is 0 Å². The fourth-order valence-corrected chi connectivity index (χ4v) is 2.67. The summed E-state index contributed by atoms with van der Waals surface area (Å²) in [6.07, 6.45) is 1.36. The predicted octanol–water partition coefficient (Wildman–Crippen LogP) is 0.705. The molecule has 0 aromatic carbocycles. The van der Waals surface area contributed by atoms with Crippen LogP contribution < -0.4 is 5.32 Å². The largest absolute Gasteiger partial charge is 0.377 e. The van der Waals surface area contributed by atoms with Gasteiger partial charge in [-0.15, -0.1) is 0 Å². The van der Waals surface area contributed by atoms with Crippen LogP contribution in [0.1, 0.15) is 20.3 Å². The van der Waals surface area contributed by atoms with Gasteiger partial charge in [0.2, 0.25) is 0 Å². The Morgan fingerprint density at radius 1 is 1.43 bits per heavy atom. The van der Waals surface area contributed by atoms with Crippen LogP contribution in [0, 0.1) is 5.92 Å². The maximum atomic E-state index is 5.46. The lowest BCUT2D eigenvalue weighted by Crippen LogP contribution is -2.40. The molecule has 82 valence electrons. The van der Waals surface area contributed by atoms with Crippen molar-refractivity contribution >= 4 is 0 Å².